The number of para-hydroxylation sites is 1. The summed E-state index contributed by atoms with van der Waals surface area (Å²) in [5, 5.41) is 3.95. The number of halogens is 1. The summed E-state index contributed by atoms with van der Waals surface area (Å²) in [6, 6.07) is 11.7. The molecule has 0 fully saturated rings. The van der Waals surface area contributed by atoms with E-state index < -0.39 is 0 Å². The van der Waals surface area contributed by atoms with E-state index in [-0.39, 0.29) is 5.91 Å². The van der Waals surface area contributed by atoms with Crippen molar-refractivity contribution in [1.82, 2.24) is 4.98 Å². The van der Waals surface area contributed by atoms with E-state index in [9.17, 15) is 4.79 Å². The lowest BCUT2D eigenvalue weighted by Crippen LogP contribution is -2.17. The Morgan fingerprint density at radius 1 is 1.23 bits per heavy atom. The number of ether oxygens (including phenoxy) is 2. The summed E-state index contributed by atoms with van der Waals surface area (Å²) in [4.78, 5) is 16.8. The molecule has 134 valence electrons. The number of carbonyl (C=O) groups is 1. The van der Waals surface area contributed by atoms with Crippen LogP contribution in [0.5, 0.6) is 11.5 Å². The molecule has 1 aromatic heterocycles. The number of nitrogens with one attached hydrogen (secondary N) is 1. The highest BCUT2D eigenvalue weighted by Gasteiger charge is 2.16. The lowest BCUT2D eigenvalue weighted by molar-refractivity contribution is -0.113. The number of benzene rings is 2. The zero-order valence-corrected chi connectivity index (χ0v) is 16.9. The molecule has 26 heavy (non-hydrogen) atoms. The number of amides is 1. The first-order chi connectivity index (χ1) is 12.7. The average Bonchev–Trinajstić information content (AvgIpc) is 3.05. The quantitative estimate of drug-likeness (QED) is 0.610. The summed E-state index contributed by atoms with van der Waals surface area (Å²) in [6.45, 7) is 1.05. The molecule has 0 spiro atoms. The molecule has 0 aliphatic carbocycles. The van der Waals surface area contributed by atoms with Crippen LogP contribution < -0.4 is 14.8 Å². The van der Waals surface area contributed by atoms with E-state index in [1.807, 2.05) is 24.3 Å². The molecule has 2 heterocycles. The van der Waals surface area contributed by atoms with E-state index in [1.165, 1.54) is 4.70 Å². The van der Waals surface area contributed by atoms with Crippen LogP contribution in [0.25, 0.3) is 10.2 Å². The van der Waals surface area contributed by atoms with E-state index >= 15 is 0 Å². The average molecular weight is 451 g/mol. The Balaban J connectivity index is 1.34. The van der Waals surface area contributed by atoms with Gasteiger partial charge in [0.25, 0.3) is 0 Å². The highest BCUT2D eigenvalue weighted by Crippen LogP contribution is 2.38. The molecule has 0 atom stereocenters. The van der Waals surface area contributed by atoms with Gasteiger partial charge in [-0.25, -0.2) is 4.98 Å². The van der Waals surface area contributed by atoms with Crippen LogP contribution in [0.2, 0.25) is 0 Å². The molecule has 2 aromatic carbocycles. The number of thioether (sulfide) groups is 1. The molecule has 0 unspecified atom stereocenters. The number of rotatable bonds is 5. The van der Waals surface area contributed by atoms with Crippen LogP contribution in [0.3, 0.4) is 0 Å². The second kappa shape index (κ2) is 7.85. The monoisotopic (exact) mass is 450 g/mol. The Kier molecular flexibility index (Phi) is 5.33. The summed E-state index contributed by atoms with van der Waals surface area (Å²) >= 11 is 6.68. The van der Waals surface area contributed by atoms with Gasteiger partial charge in [0, 0.05) is 22.4 Å². The van der Waals surface area contributed by atoms with Gasteiger partial charge >= 0.3 is 0 Å². The Hall–Kier alpha value is -1.77. The molecule has 1 N–H and O–H groups in total. The van der Waals surface area contributed by atoms with Crippen LogP contribution in [0.4, 0.5) is 5.69 Å². The summed E-state index contributed by atoms with van der Waals surface area (Å²) in [7, 11) is 0. The Bertz CT molecular complexity index is 928. The third-order valence-corrected chi connectivity index (χ3v) is 6.52. The molecule has 1 aliphatic rings. The zero-order chi connectivity index (χ0) is 17.9. The van der Waals surface area contributed by atoms with Gasteiger partial charge in [-0.15, -0.1) is 23.1 Å². The van der Waals surface area contributed by atoms with Gasteiger partial charge in [0.15, 0.2) is 11.5 Å². The number of aromatic nitrogens is 1. The first-order valence-electron chi connectivity index (χ1n) is 8.00. The number of hydrogen-bond donors (Lipinski definition) is 1. The maximum Gasteiger partial charge on any atom is 0.234 e. The number of fused-ring (bicyclic) bond motifs is 2. The van der Waals surface area contributed by atoms with Crippen molar-refractivity contribution in [2.75, 3.05) is 24.3 Å². The van der Waals surface area contributed by atoms with Crippen LogP contribution in [0.15, 0.2) is 40.9 Å². The molecule has 1 aliphatic heterocycles. The molecule has 0 bridgehead atoms. The van der Waals surface area contributed by atoms with Crippen molar-refractivity contribution in [2.45, 2.75) is 5.75 Å². The van der Waals surface area contributed by atoms with Crippen LogP contribution >= 0.6 is 39.0 Å². The maximum atomic E-state index is 12.3. The van der Waals surface area contributed by atoms with Crippen LogP contribution in [0.1, 0.15) is 5.01 Å². The Morgan fingerprint density at radius 2 is 2.00 bits per heavy atom. The Labute approximate surface area is 167 Å². The molecule has 5 nitrogen and oxygen atoms in total. The molecular formula is C18H15BrN2O3S2. The van der Waals surface area contributed by atoms with Crippen molar-refractivity contribution in [3.8, 4) is 11.5 Å². The summed E-state index contributed by atoms with van der Waals surface area (Å²) < 4.78 is 13.0. The van der Waals surface area contributed by atoms with Crippen LogP contribution in [-0.4, -0.2) is 29.9 Å². The van der Waals surface area contributed by atoms with Gasteiger partial charge in [0.2, 0.25) is 5.91 Å². The maximum absolute atomic E-state index is 12.3. The smallest absolute Gasteiger partial charge is 0.234 e. The highest BCUT2D eigenvalue weighted by molar-refractivity contribution is 9.10. The molecule has 4 rings (SSSR count). The predicted molar refractivity (Wildman–Crippen MR) is 110 cm³/mol. The van der Waals surface area contributed by atoms with E-state index in [2.05, 4.69) is 32.3 Å². The second-order valence-electron chi connectivity index (χ2n) is 5.59. The number of nitrogens with zero attached hydrogens (tertiary/aromatic N) is 1. The van der Waals surface area contributed by atoms with Gasteiger partial charge in [-0.05, 0) is 28.1 Å². The number of hydrogen-bond acceptors (Lipinski definition) is 6. The van der Waals surface area contributed by atoms with Crippen molar-refractivity contribution < 1.29 is 14.3 Å². The van der Waals surface area contributed by atoms with Crippen LogP contribution in [0, 0.1) is 0 Å². The Morgan fingerprint density at radius 3 is 2.81 bits per heavy atom. The standard InChI is InChI=1S/C18H15BrN2O3S2/c19-11-7-14-15(24-6-5-23-14)8-13(11)20-17(22)9-25-10-18-21-12-3-1-2-4-16(12)26-18/h1-4,7-8H,5-6,9-10H2,(H,20,22). The van der Waals surface area contributed by atoms with Gasteiger partial charge in [-0.3, -0.25) is 4.79 Å². The fourth-order valence-corrected chi connectivity index (χ4v) is 4.83. The minimum absolute atomic E-state index is 0.0616. The number of carbonyl (C=O) groups excluding carboxylic acids is 1. The van der Waals surface area contributed by atoms with Crippen molar-refractivity contribution in [3.05, 3.63) is 45.9 Å². The molecule has 0 saturated heterocycles. The van der Waals surface area contributed by atoms with E-state index in [0.29, 0.717) is 36.2 Å². The largest absolute Gasteiger partial charge is 0.486 e. The minimum atomic E-state index is -0.0616. The highest BCUT2D eigenvalue weighted by atomic mass is 79.9. The first kappa shape index (κ1) is 17.6. The van der Waals surface area contributed by atoms with Gasteiger partial charge in [0.05, 0.1) is 21.7 Å². The third-order valence-electron chi connectivity index (χ3n) is 3.70. The fraction of sp³-hybridized carbons (Fsp3) is 0.222. The fourth-order valence-electron chi connectivity index (χ4n) is 2.56. The van der Waals surface area contributed by atoms with Crippen LogP contribution in [-0.2, 0) is 10.5 Å². The van der Waals surface area contributed by atoms with Crippen molar-refractivity contribution >= 4 is 60.8 Å². The van der Waals surface area contributed by atoms with Crippen molar-refractivity contribution in [2.24, 2.45) is 0 Å². The lowest BCUT2D eigenvalue weighted by Gasteiger charge is -2.20. The van der Waals surface area contributed by atoms with Gasteiger partial charge in [-0.2, -0.15) is 0 Å². The molecule has 0 radical (unpaired) electrons. The normalized spacial score (nSPS) is 13.0. The lowest BCUT2D eigenvalue weighted by atomic mass is 10.2. The SMILES string of the molecule is O=C(CSCc1nc2ccccc2s1)Nc1cc2c(cc1Br)OCCO2. The van der Waals surface area contributed by atoms with E-state index in [4.69, 9.17) is 9.47 Å². The predicted octanol–water partition coefficient (Wildman–Crippen LogP) is 4.70. The van der Waals surface area contributed by atoms with Crippen molar-refractivity contribution in [1.29, 1.82) is 0 Å². The molecule has 3 aromatic rings. The minimum Gasteiger partial charge on any atom is -0.486 e. The second-order valence-corrected chi connectivity index (χ2v) is 8.55. The molecular weight excluding hydrogens is 436 g/mol. The molecule has 0 saturated carbocycles. The van der Waals surface area contributed by atoms with E-state index in [0.717, 1.165) is 20.7 Å². The van der Waals surface area contributed by atoms with E-state index in [1.54, 1.807) is 29.2 Å². The topological polar surface area (TPSA) is 60.5 Å². The summed E-state index contributed by atoms with van der Waals surface area (Å²) in [5.74, 6) is 2.35. The molecule has 8 heteroatoms. The van der Waals surface area contributed by atoms with Gasteiger partial charge in [0.1, 0.15) is 18.2 Å². The number of thiazole rings is 1. The van der Waals surface area contributed by atoms with Crippen molar-refractivity contribution in [3.63, 3.8) is 0 Å². The zero-order valence-electron chi connectivity index (χ0n) is 13.7. The number of anilines is 1. The molecule has 1 amide bonds. The van der Waals surface area contributed by atoms with Gasteiger partial charge in [-0.1, -0.05) is 12.1 Å². The summed E-state index contributed by atoms with van der Waals surface area (Å²) in [6.07, 6.45) is 0. The third kappa shape index (κ3) is 3.97. The first-order valence-corrected chi connectivity index (χ1v) is 10.8. The van der Waals surface area contributed by atoms with Gasteiger partial charge < -0.3 is 14.8 Å². The summed E-state index contributed by atoms with van der Waals surface area (Å²) in [5.41, 5.74) is 1.69.